The van der Waals surface area contributed by atoms with Crippen LogP contribution in [0.3, 0.4) is 0 Å². The van der Waals surface area contributed by atoms with Crippen LogP contribution in [-0.2, 0) is 26.5 Å². The van der Waals surface area contributed by atoms with Gasteiger partial charge in [0.05, 0.1) is 10.5 Å². The maximum absolute atomic E-state index is 11.9. The van der Waals surface area contributed by atoms with Crippen molar-refractivity contribution in [3.8, 4) is 11.1 Å². The summed E-state index contributed by atoms with van der Waals surface area (Å²) in [7, 11) is -6.50. The van der Waals surface area contributed by atoms with Crippen LogP contribution in [0.2, 0.25) is 0 Å². The summed E-state index contributed by atoms with van der Waals surface area (Å²) in [6, 6.07) is 16.2. The fourth-order valence-corrected chi connectivity index (χ4v) is 4.43. The lowest BCUT2D eigenvalue weighted by Gasteiger charge is -2.15. The minimum absolute atomic E-state index is 0.0690. The van der Waals surface area contributed by atoms with Crippen LogP contribution in [0.4, 0.5) is 0 Å². The molecule has 0 heterocycles. The van der Waals surface area contributed by atoms with E-state index in [0.29, 0.717) is 19.5 Å². The third-order valence-electron chi connectivity index (χ3n) is 5.32. The lowest BCUT2D eigenvalue weighted by molar-refractivity contribution is 0.566. The van der Waals surface area contributed by atoms with Gasteiger partial charge in [-0.1, -0.05) is 55.5 Å². The van der Waals surface area contributed by atoms with Crippen molar-refractivity contribution in [1.82, 2.24) is 9.44 Å². The molecule has 0 spiro atoms. The minimum atomic E-state index is -3.26. The Morgan fingerprint density at radius 3 is 1.61 bits per heavy atom. The maximum atomic E-state index is 11.9. The Morgan fingerprint density at radius 2 is 1.13 bits per heavy atom. The maximum Gasteiger partial charge on any atom is 0.213 e. The predicted octanol–water partition coefficient (Wildman–Crippen LogP) is 3.66. The van der Waals surface area contributed by atoms with Gasteiger partial charge in [-0.05, 0) is 62.3 Å². The molecule has 0 aliphatic rings. The van der Waals surface area contributed by atoms with Crippen LogP contribution in [0.5, 0.6) is 0 Å². The second-order valence-electron chi connectivity index (χ2n) is 8.40. The van der Waals surface area contributed by atoms with Crippen molar-refractivity contribution in [3.05, 3.63) is 59.7 Å². The van der Waals surface area contributed by atoms with Crippen LogP contribution >= 0.6 is 0 Å². The van der Waals surface area contributed by atoms with Gasteiger partial charge in [0.1, 0.15) is 0 Å². The van der Waals surface area contributed by atoms with Gasteiger partial charge in [-0.25, -0.2) is 26.3 Å². The van der Waals surface area contributed by atoms with Gasteiger partial charge in [0.25, 0.3) is 0 Å². The van der Waals surface area contributed by atoms with Gasteiger partial charge in [-0.15, -0.1) is 0 Å². The lowest BCUT2D eigenvalue weighted by Crippen LogP contribution is -2.33. The first-order chi connectivity index (χ1) is 14.4. The predicted molar refractivity (Wildman–Crippen MR) is 128 cm³/mol. The van der Waals surface area contributed by atoms with Gasteiger partial charge in [0.15, 0.2) is 0 Å². The van der Waals surface area contributed by atoms with Crippen molar-refractivity contribution in [2.24, 2.45) is 0 Å². The van der Waals surface area contributed by atoms with Crippen molar-refractivity contribution in [2.75, 3.05) is 13.1 Å². The summed E-state index contributed by atoms with van der Waals surface area (Å²) in [6.45, 7) is 9.40. The number of rotatable bonds is 11. The first kappa shape index (κ1) is 25.5. The Morgan fingerprint density at radius 1 is 0.677 bits per heavy atom. The fraction of sp³-hybridized carbons (Fsp3) is 0.478. The van der Waals surface area contributed by atoms with E-state index in [0.717, 1.165) is 22.3 Å². The van der Waals surface area contributed by atoms with Crippen molar-refractivity contribution in [3.63, 3.8) is 0 Å². The quantitative estimate of drug-likeness (QED) is 0.529. The van der Waals surface area contributed by atoms with E-state index in [1.165, 1.54) is 0 Å². The molecule has 0 aliphatic heterocycles. The molecule has 2 N–H and O–H groups in total. The molecule has 0 fully saturated rings. The Bertz CT molecular complexity index is 1040. The van der Waals surface area contributed by atoms with Crippen LogP contribution in [-0.4, -0.2) is 40.4 Å². The van der Waals surface area contributed by atoms with Gasteiger partial charge >= 0.3 is 0 Å². The van der Waals surface area contributed by atoms with Gasteiger partial charge in [0.2, 0.25) is 20.0 Å². The monoisotopic (exact) mass is 466 g/mol. The van der Waals surface area contributed by atoms with Crippen LogP contribution in [0.25, 0.3) is 11.1 Å². The zero-order valence-corrected chi connectivity index (χ0v) is 20.6. The summed E-state index contributed by atoms with van der Waals surface area (Å²) in [5.74, 6) is 0.0690. The third kappa shape index (κ3) is 7.42. The molecular formula is C23H34N2O4S2. The third-order valence-corrected chi connectivity index (χ3v) is 8.97. The zero-order valence-electron chi connectivity index (χ0n) is 18.9. The standard InChI is InChI=1S/C23H34N2O4S2/c1-17(2)30(26,27)24-15-14-20-6-8-22(9-7-20)23-12-10-21(11-13-23)19(5)16-25-31(28,29)18(3)4/h6-13,17-19,24-25H,14-16H2,1-5H3. The molecule has 172 valence electrons. The Balaban J connectivity index is 1.95. The largest absolute Gasteiger partial charge is 0.215 e. The molecule has 2 rings (SSSR count). The van der Waals surface area contributed by atoms with Gasteiger partial charge in [-0.2, -0.15) is 0 Å². The Labute approximate surface area is 187 Å². The van der Waals surface area contributed by atoms with Gasteiger partial charge < -0.3 is 0 Å². The summed E-state index contributed by atoms with van der Waals surface area (Å²) in [6.07, 6.45) is 0.634. The van der Waals surface area contributed by atoms with Crippen molar-refractivity contribution in [1.29, 1.82) is 0 Å². The van der Waals surface area contributed by atoms with E-state index in [1.54, 1.807) is 27.7 Å². The number of hydrogen-bond donors (Lipinski definition) is 2. The average Bonchev–Trinajstić information content (AvgIpc) is 2.72. The molecule has 6 nitrogen and oxygen atoms in total. The molecule has 0 aliphatic carbocycles. The molecule has 2 aromatic rings. The second-order valence-corrected chi connectivity index (χ2v) is 13.0. The zero-order chi connectivity index (χ0) is 23.2. The number of benzene rings is 2. The van der Waals surface area contributed by atoms with E-state index < -0.39 is 30.5 Å². The number of nitrogens with one attached hydrogen (secondary N) is 2. The van der Waals surface area contributed by atoms with E-state index >= 15 is 0 Å². The summed E-state index contributed by atoms with van der Waals surface area (Å²) in [5.41, 5.74) is 4.29. The Kier molecular flexibility index (Phi) is 8.83. The van der Waals surface area contributed by atoms with E-state index in [2.05, 4.69) is 9.44 Å². The second kappa shape index (κ2) is 10.7. The average molecular weight is 467 g/mol. The van der Waals surface area contributed by atoms with Crippen molar-refractivity contribution < 1.29 is 16.8 Å². The molecule has 0 saturated heterocycles. The fourth-order valence-electron chi connectivity index (χ4n) is 2.90. The van der Waals surface area contributed by atoms with E-state index in [-0.39, 0.29) is 5.92 Å². The smallest absolute Gasteiger partial charge is 0.213 e. The summed E-state index contributed by atoms with van der Waals surface area (Å²) >= 11 is 0. The van der Waals surface area contributed by atoms with Crippen molar-refractivity contribution in [2.45, 2.75) is 57.5 Å². The first-order valence-corrected chi connectivity index (χ1v) is 13.7. The summed E-state index contributed by atoms with van der Waals surface area (Å²) < 4.78 is 52.8. The molecule has 31 heavy (non-hydrogen) atoms. The van der Waals surface area contributed by atoms with Crippen LogP contribution in [0.15, 0.2) is 48.5 Å². The van der Waals surface area contributed by atoms with Crippen LogP contribution in [0.1, 0.15) is 51.7 Å². The summed E-state index contributed by atoms with van der Waals surface area (Å²) in [5, 5.41) is -0.878. The molecule has 1 unspecified atom stereocenters. The van der Waals surface area contributed by atoms with E-state index in [1.807, 2.05) is 55.5 Å². The Hall–Kier alpha value is -1.74. The van der Waals surface area contributed by atoms with E-state index in [4.69, 9.17) is 0 Å². The van der Waals surface area contributed by atoms with Crippen LogP contribution < -0.4 is 9.44 Å². The molecule has 0 aromatic heterocycles. The number of sulfonamides is 2. The van der Waals surface area contributed by atoms with Gasteiger partial charge in [-0.3, -0.25) is 0 Å². The topological polar surface area (TPSA) is 92.3 Å². The molecule has 8 heteroatoms. The van der Waals surface area contributed by atoms with E-state index in [9.17, 15) is 16.8 Å². The molecule has 0 bridgehead atoms. The highest BCUT2D eigenvalue weighted by atomic mass is 32.2. The first-order valence-electron chi connectivity index (χ1n) is 10.6. The molecular weight excluding hydrogens is 432 g/mol. The normalized spacial score (nSPS) is 13.6. The molecule has 0 saturated carbocycles. The molecule has 0 radical (unpaired) electrons. The highest BCUT2D eigenvalue weighted by Crippen LogP contribution is 2.23. The highest BCUT2D eigenvalue weighted by Gasteiger charge is 2.17. The summed E-state index contributed by atoms with van der Waals surface area (Å²) in [4.78, 5) is 0. The van der Waals surface area contributed by atoms with Crippen molar-refractivity contribution >= 4 is 20.0 Å². The lowest BCUT2D eigenvalue weighted by atomic mass is 9.97. The molecule has 1 atom stereocenters. The highest BCUT2D eigenvalue weighted by molar-refractivity contribution is 7.90. The van der Waals surface area contributed by atoms with Gasteiger partial charge in [0, 0.05) is 13.1 Å². The number of hydrogen-bond acceptors (Lipinski definition) is 4. The van der Waals surface area contributed by atoms with Crippen LogP contribution in [0, 0.1) is 0 Å². The minimum Gasteiger partial charge on any atom is -0.215 e. The molecule has 2 aromatic carbocycles. The SMILES string of the molecule is CC(CNS(=O)(=O)C(C)C)c1ccc(-c2ccc(CCNS(=O)(=O)C(C)C)cc2)cc1. The molecule has 0 amide bonds.